The van der Waals surface area contributed by atoms with Gasteiger partial charge in [0.05, 0.1) is 6.10 Å². The fraction of sp³-hybridized carbons (Fsp3) is 0.750. The normalized spacial score (nSPS) is 23.9. The van der Waals surface area contributed by atoms with Gasteiger partial charge in [0.1, 0.15) is 0 Å². The molecule has 2 saturated heterocycles. The number of ether oxygens (including phenoxy) is 1. The predicted molar refractivity (Wildman–Crippen MR) is 154 cm³/mol. The monoisotopic (exact) mass is 493 g/mol. The maximum Gasteiger partial charge on any atom is 0.0605 e. The van der Waals surface area contributed by atoms with Crippen LogP contribution in [0, 0.1) is 11.3 Å². The third kappa shape index (κ3) is 6.13. The maximum absolute atomic E-state index is 5.64. The molecular weight excluding hydrogens is 442 g/mol. The van der Waals surface area contributed by atoms with Gasteiger partial charge in [-0.3, -0.25) is 4.90 Å². The second-order valence-electron chi connectivity index (χ2n) is 12.6. The lowest BCUT2D eigenvalue weighted by Crippen LogP contribution is -2.47. The molecule has 0 aromatic heterocycles. The minimum Gasteiger partial charge on any atom is -0.381 e. The molecular formula is C32H51N3O. The first-order chi connectivity index (χ1) is 17.5. The van der Waals surface area contributed by atoms with Crippen molar-refractivity contribution >= 4 is 16.9 Å². The molecule has 2 aliphatic carbocycles. The summed E-state index contributed by atoms with van der Waals surface area (Å²) in [6.07, 6.45) is 17.9. The Morgan fingerprint density at radius 2 is 1.67 bits per heavy atom. The molecule has 1 aromatic rings. The van der Waals surface area contributed by atoms with Crippen LogP contribution in [-0.4, -0.2) is 63.9 Å². The number of anilines is 2. The van der Waals surface area contributed by atoms with E-state index in [1.165, 1.54) is 94.4 Å². The second-order valence-corrected chi connectivity index (χ2v) is 12.6. The molecule has 0 atom stereocenters. The van der Waals surface area contributed by atoms with Crippen LogP contribution in [0.3, 0.4) is 0 Å². The molecule has 0 N–H and O–H groups in total. The zero-order valence-corrected chi connectivity index (χ0v) is 23.4. The van der Waals surface area contributed by atoms with Gasteiger partial charge < -0.3 is 14.5 Å². The molecule has 0 unspecified atom stereocenters. The van der Waals surface area contributed by atoms with Crippen LogP contribution in [0.1, 0.15) is 90.0 Å². The number of methoxy groups -OCH3 is 1. The van der Waals surface area contributed by atoms with Gasteiger partial charge in [0.2, 0.25) is 0 Å². The van der Waals surface area contributed by atoms with Crippen LogP contribution >= 0.6 is 0 Å². The standard InChI is InChI=1S/C32H51N3O/c1-26(2)11-18-33-21-23-35(24-22-33)31-8-7-28(34-19-12-29(36-3)13-20-34)25-30(31)27-9-16-32(17-10-27)14-5-4-6-15-32/h7-9,25-26,29H,4-6,10-24H2,1-3H3. The molecule has 0 amide bonds. The van der Waals surface area contributed by atoms with Crippen LogP contribution in [0.2, 0.25) is 0 Å². The Morgan fingerprint density at radius 3 is 2.31 bits per heavy atom. The summed E-state index contributed by atoms with van der Waals surface area (Å²) < 4.78 is 5.64. The van der Waals surface area contributed by atoms with Crippen molar-refractivity contribution in [2.45, 2.75) is 90.6 Å². The molecule has 3 fully saturated rings. The molecule has 2 heterocycles. The molecule has 4 aliphatic rings. The highest BCUT2D eigenvalue weighted by molar-refractivity contribution is 5.80. The highest BCUT2D eigenvalue weighted by Crippen LogP contribution is 2.49. The smallest absolute Gasteiger partial charge is 0.0605 e. The lowest BCUT2D eigenvalue weighted by atomic mass is 9.65. The molecule has 5 rings (SSSR count). The minimum atomic E-state index is 0.430. The van der Waals surface area contributed by atoms with E-state index in [-0.39, 0.29) is 0 Å². The van der Waals surface area contributed by atoms with E-state index in [0.29, 0.717) is 11.5 Å². The summed E-state index contributed by atoms with van der Waals surface area (Å²) in [5, 5.41) is 0. The van der Waals surface area contributed by atoms with Crippen LogP contribution < -0.4 is 9.80 Å². The van der Waals surface area contributed by atoms with Gasteiger partial charge in [-0.1, -0.05) is 39.2 Å². The van der Waals surface area contributed by atoms with Gasteiger partial charge in [-0.15, -0.1) is 0 Å². The zero-order valence-electron chi connectivity index (χ0n) is 23.4. The molecule has 4 heteroatoms. The fourth-order valence-electron chi connectivity index (χ4n) is 7.20. The lowest BCUT2D eigenvalue weighted by molar-refractivity contribution is 0.0819. The van der Waals surface area contributed by atoms with Crippen LogP contribution in [-0.2, 0) is 4.74 Å². The summed E-state index contributed by atoms with van der Waals surface area (Å²) in [6, 6.07) is 7.42. The second kappa shape index (κ2) is 11.9. The Morgan fingerprint density at radius 1 is 0.917 bits per heavy atom. The quantitative estimate of drug-likeness (QED) is 0.407. The van der Waals surface area contributed by atoms with Crippen molar-refractivity contribution in [3.8, 4) is 0 Å². The topological polar surface area (TPSA) is 19.0 Å². The Hall–Kier alpha value is -1.52. The Bertz CT molecular complexity index is 871. The highest BCUT2D eigenvalue weighted by Gasteiger charge is 2.34. The molecule has 2 aliphatic heterocycles. The average Bonchev–Trinajstić information content (AvgIpc) is 2.93. The summed E-state index contributed by atoms with van der Waals surface area (Å²) in [5.74, 6) is 0.793. The Labute approximate surface area is 221 Å². The number of piperazine rings is 1. The van der Waals surface area contributed by atoms with E-state index in [0.717, 1.165) is 44.9 Å². The van der Waals surface area contributed by atoms with Crippen molar-refractivity contribution < 1.29 is 4.74 Å². The number of allylic oxidation sites excluding steroid dienone is 2. The number of hydrogen-bond acceptors (Lipinski definition) is 4. The van der Waals surface area contributed by atoms with Crippen LogP contribution in [0.15, 0.2) is 24.3 Å². The summed E-state index contributed by atoms with van der Waals surface area (Å²) in [7, 11) is 1.87. The first-order valence-electron chi connectivity index (χ1n) is 15.1. The van der Waals surface area contributed by atoms with E-state index < -0.39 is 0 Å². The van der Waals surface area contributed by atoms with Crippen molar-refractivity contribution in [2.24, 2.45) is 11.3 Å². The molecule has 1 spiro atoms. The SMILES string of the molecule is COC1CCN(c2ccc(N3CCN(CCC(C)C)CC3)c(C3=CCC4(CCCCC4)CC3)c2)CC1. The predicted octanol–water partition coefficient (Wildman–Crippen LogP) is 6.99. The summed E-state index contributed by atoms with van der Waals surface area (Å²) in [5.41, 5.74) is 6.67. The van der Waals surface area contributed by atoms with Crippen molar-refractivity contribution in [1.29, 1.82) is 0 Å². The molecule has 1 saturated carbocycles. The van der Waals surface area contributed by atoms with Crippen LogP contribution in [0.5, 0.6) is 0 Å². The van der Waals surface area contributed by atoms with Gasteiger partial charge in [0.25, 0.3) is 0 Å². The van der Waals surface area contributed by atoms with E-state index >= 15 is 0 Å². The summed E-state index contributed by atoms with van der Waals surface area (Å²) >= 11 is 0. The van der Waals surface area contributed by atoms with E-state index in [2.05, 4.69) is 52.8 Å². The van der Waals surface area contributed by atoms with Gasteiger partial charge >= 0.3 is 0 Å². The van der Waals surface area contributed by atoms with E-state index in [1.54, 1.807) is 5.57 Å². The summed E-state index contributed by atoms with van der Waals surface area (Å²) in [4.78, 5) is 7.96. The largest absolute Gasteiger partial charge is 0.381 e. The Balaban J connectivity index is 1.35. The molecule has 4 nitrogen and oxygen atoms in total. The fourth-order valence-corrected chi connectivity index (χ4v) is 7.20. The number of rotatable bonds is 7. The highest BCUT2D eigenvalue weighted by atomic mass is 16.5. The van der Waals surface area contributed by atoms with Crippen molar-refractivity contribution in [3.05, 3.63) is 29.8 Å². The molecule has 200 valence electrons. The first kappa shape index (κ1) is 26.1. The van der Waals surface area contributed by atoms with Crippen molar-refractivity contribution in [2.75, 3.05) is 62.7 Å². The lowest BCUT2D eigenvalue weighted by Gasteiger charge is -2.41. The number of piperidine rings is 1. The van der Waals surface area contributed by atoms with Gasteiger partial charge in [0, 0.05) is 63.3 Å². The van der Waals surface area contributed by atoms with E-state index in [1.807, 2.05) is 7.11 Å². The average molecular weight is 494 g/mol. The third-order valence-electron chi connectivity index (χ3n) is 9.82. The molecule has 0 radical (unpaired) electrons. The van der Waals surface area contributed by atoms with E-state index in [9.17, 15) is 0 Å². The van der Waals surface area contributed by atoms with Gasteiger partial charge in [-0.2, -0.15) is 0 Å². The van der Waals surface area contributed by atoms with Crippen LogP contribution in [0.25, 0.3) is 5.57 Å². The zero-order chi connectivity index (χ0) is 25.0. The minimum absolute atomic E-state index is 0.430. The number of benzene rings is 1. The molecule has 36 heavy (non-hydrogen) atoms. The summed E-state index contributed by atoms with van der Waals surface area (Å²) in [6.45, 7) is 12.8. The molecule has 1 aromatic carbocycles. The van der Waals surface area contributed by atoms with Crippen molar-refractivity contribution in [1.82, 2.24) is 4.90 Å². The number of nitrogens with zero attached hydrogens (tertiary/aromatic N) is 3. The van der Waals surface area contributed by atoms with Gasteiger partial charge in [-0.05, 0) is 93.0 Å². The van der Waals surface area contributed by atoms with Gasteiger partial charge in [-0.25, -0.2) is 0 Å². The van der Waals surface area contributed by atoms with Crippen molar-refractivity contribution in [3.63, 3.8) is 0 Å². The Kier molecular flexibility index (Phi) is 8.63. The maximum atomic E-state index is 5.64. The molecule has 0 bridgehead atoms. The van der Waals surface area contributed by atoms with E-state index in [4.69, 9.17) is 4.74 Å². The first-order valence-corrected chi connectivity index (χ1v) is 15.1. The number of hydrogen-bond donors (Lipinski definition) is 0. The van der Waals surface area contributed by atoms with Crippen LogP contribution in [0.4, 0.5) is 11.4 Å². The third-order valence-corrected chi connectivity index (χ3v) is 9.82. The van der Waals surface area contributed by atoms with Gasteiger partial charge in [0.15, 0.2) is 0 Å².